The fourth-order valence-electron chi connectivity index (χ4n) is 10.0. The molecular formula is C22H35NO7. The number of hydrogen-bond acceptors (Lipinski definition) is 8. The first-order valence-electron chi connectivity index (χ1n) is 11.5. The molecule has 0 unspecified atom stereocenters. The molecule has 1 heterocycles. The highest BCUT2D eigenvalue weighted by Crippen LogP contribution is 2.78. The third-order valence-corrected chi connectivity index (χ3v) is 10.6. The Bertz CT molecular complexity index is 768. The van der Waals surface area contributed by atoms with Crippen LogP contribution in [0.3, 0.4) is 0 Å². The van der Waals surface area contributed by atoms with Gasteiger partial charge in [-0.3, -0.25) is 4.90 Å². The van der Waals surface area contributed by atoms with Gasteiger partial charge in [0.1, 0.15) is 11.2 Å². The summed E-state index contributed by atoms with van der Waals surface area (Å²) in [5.41, 5.74) is -5.31. The standard InChI is InChI=1S/C22H35NO7/c1-4-23-9-19(26)6-5-13(24)21-11-7-10-12(29-2)8-20(27,14(11)15(10)25)22(28,18(21)23)17(30-3)16(19)21/h10-18,24-28H,4-9H2,1-3H3/t10-,11-,12+,13+,14-,15+,16-,17+,18+,19-,20-,21+,22-/m1/s1. The molecule has 1 spiro atoms. The molecule has 5 aliphatic carbocycles. The highest BCUT2D eigenvalue weighted by molar-refractivity contribution is 5.41. The van der Waals surface area contributed by atoms with Crippen molar-refractivity contribution in [3.63, 3.8) is 0 Å². The summed E-state index contributed by atoms with van der Waals surface area (Å²) in [5, 5.41) is 59.6. The van der Waals surface area contributed by atoms with Crippen molar-refractivity contribution in [1.82, 2.24) is 4.90 Å². The van der Waals surface area contributed by atoms with Crippen molar-refractivity contribution in [3.05, 3.63) is 0 Å². The van der Waals surface area contributed by atoms with Crippen LogP contribution in [0.1, 0.15) is 32.6 Å². The van der Waals surface area contributed by atoms with Gasteiger partial charge in [-0.1, -0.05) is 6.92 Å². The number of nitrogens with zero attached hydrogens (tertiary/aromatic N) is 1. The maximum Gasteiger partial charge on any atom is 0.136 e. The summed E-state index contributed by atoms with van der Waals surface area (Å²) >= 11 is 0. The van der Waals surface area contributed by atoms with Gasteiger partial charge in [-0.05, 0) is 31.7 Å². The molecular weight excluding hydrogens is 390 g/mol. The monoisotopic (exact) mass is 425 g/mol. The Morgan fingerprint density at radius 1 is 1.10 bits per heavy atom. The zero-order chi connectivity index (χ0) is 21.4. The maximum absolute atomic E-state index is 12.5. The number of aliphatic hydroxyl groups is 5. The minimum absolute atomic E-state index is 0.151. The van der Waals surface area contributed by atoms with Crippen molar-refractivity contribution in [3.8, 4) is 0 Å². The Balaban J connectivity index is 1.68. The molecule has 5 saturated carbocycles. The van der Waals surface area contributed by atoms with Crippen LogP contribution in [0.4, 0.5) is 0 Å². The topological polar surface area (TPSA) is 123 Å². The van der Waals surface area contributed by atoms with E-state index in [1.807, 2.05) is 6.92 Å². The second-order valence-electron chi connectivity index (χ2n) is 11.0. The molecule has 7 bridgehead atoms. The summed E-state index contributed by atoms with van der Waals surface area (Å²) in [4.78, 5) is 2.06. The number of likely N-dealkylation sites (N-methyl/N-ethyl adjacent to an activating group) is 1. The number of rotatable bonds is 3. The Kier molecular flexibility index (Phi) is 3.91. The van der Waals surface area contributed by atoms with Crippen molar-refractivity contribution in [2.45, 2.75) is 79.9 Å². The fourth-order valence-corrected chi connectivity index (χ4v) is 10.0. The Labute approximate surface area is 176 Å². The van der Waals surface area contributed by atoms with E-state index in [9.17, 15) is 25.5 Å². The van der Waals surface area contributed by atoms with Gasteiger partial charge in [0.05, 0.1) is 36.1 Å². The third-order valence-electron chi connectivity index (χ3n) is 10.6. The van der Waals surface area contributed by atoms with Crippen LogP contribution in [-0.2, 0) is 9.47 Å². The van der Waals surface area contributed by atoms with E-state index < -0.39 is 58.4 Å². The molecule has 30 heavy (non-hydrogen) atoms. The average molecular weight is 426 g/mol. The van der Waals surface area contributed by atoms with Gasteiger partial charge in [0.15, 0.2) is 0 Å². The number of likely N-dealkylation sites (tertiary alicyclic amines) is 1. The second-order valence-corrected chi connectivity index (χ2v) is 11.0. The first-order chi connectivity index (χ1) is 14.2. The quantitative estimate of drug-likeness (QED) is 0.379. The first-order valence-corrected chi connectivity index (χ1v) is 11.5. The number of ether oxygens (including phenoxy) is 2. The third kappa shape index (κ3) is 1.73. The van der Waals surface area contributed by atoms with E-state index >= 15 is 0 Å². The maximum atomic E-state index is 12.5. The Morgan fingerprint density at radius 2 is 1.83 bits per heavy atom. The molecule has 1 saturated heterocycles. The lowest BCUT2D eigenvalue weighted by molar-refractivity contribution is -0.319. The second kappa shape index (κ2) is 5.78. The fraction of sp³-hybridized carbons (Fsp3) is 1.00. The molecule has 6 rings (SSSR count). The SMILES string of the molecule is CCN1C[C@]2(O)CC[C@H](O)[C@@]34[C@@H]5C[C@H]6[C@H](O)[C@@H]5[C@](O)(C[C@@H]6OC)[C@@](O)([C@@H](OC)[C@H]23)[C@@H]14. The van der Waals surface area contributed by atoms with Gasteiger partial charge in [-0.2, -0.15) is 0 Å². The minimum Gasteiger partial charge on any atom is -0.392 e. The Hall–Kier alpha value is -0.320. The zero-order valence-corrected chi connectivity index (χ0v) is 17.9. The first kappa shape index (κ1) is 20.3. The summed E-state index contributed by atoms with van der Waals surface area (Å²) in [6, 6.07) is -0.548. The van der Waals surface area contributed by atoms with Crippen LogP contribution in [0.5, 0.6) is 0 Å². The molecule has 170 valence electrons. The van der Waals surface area contributed by atoms with Crippen LogP contribution in [0, 0.1) is 29.1 Å². The van der Waals surface area contributed by atoms with Gasteiger partial charge in [0, 0.05) is 50.4 Å². The van der Waals surface area contributed by atoms with Gasteiger partial charge in [0.2, 0.25) is 0 Å². The lowest BCUT2D eigenvalue weighted by atomic mass is 9.44. The molecule has 0 aromatic rings. The van der Waals surface area contributed by atoms with E-state index in [0.717, 1.165) is 0 Å². The number of piperidine rings is 1. The van der Waals surface area contributed by atoms with Crippen molar-refractivity contribution in [2.75, 3.05) is 27.3 Å². The highest BCUT2D eigenvalue weighted by atomic mass is 16.5. The molecule has 6 fully saturated rings. The van der Waals surface area contributed by atoms with Crippen LogP contribution >= 0.6 is 0 Å². The van der Waals surface area contributed by atoms with Crippen molar-refractivity contribution >= 4 is 0 Å². The summed E-state index contributed by atoms with van der Waals surface area (Å²) in [6.07, 6.45) is -1.07. The molecule has 0 aromatic heterocycles. The minimum atomic E-state index is -1.73. The van der Waals surface area contributed by atoms with E-state index in [1.165, 1.54) is 7.11 Å². The molecule has 8 heteroatoms. The number of fused-ring (bicyclic) bond motifs is 2. The summed E-state index contributed by atoms with van der Waals surface area (Å²) in [5.74, 6) is -1.45. The van der Waals surface area contributed by atoms with Crippen molar-refractivity contribution in [2.24, 2.45) is 29.1 Å². The largest absolute Gasteiger partial charge is 0.392 e. The average Bonchev–Trinajstić information content (AvgIpc) is 3.09. The van der Waals surface area contributed by atoms with Gasteiger partial charge >= 0.3 is 0 Å². The van der Waals surface area contributed by atoms with Gasteiger partial charge in [-0.25, -0.2) is 0 Å². The van der Waals surface area contributed by atoms with Gasteiger partial charge < -0.3 is 35.0 Å². The molecule has 0 radical (unpaired) electrons. The normalized spacial score (nSPS) is 65.8. The molecule has 5 N–H and O–H groups in total. The number of β-amino-alcohol motifs (C(OH)–C–C–N with tert-alkyl or cyclic N) is 1. The molecule has 6 aliphatic rings. The van der Waals surface area contributed by atoms with Crippen LogP contribution < -0.4 is 0 Å². The van der Waals surface area contributed by atoms with Crippen LogP contribution in [0.15, 0.2) is 0 Å². The summed E-state index contributed by atoms with van der Waals surface area (Å²) < 4.78 is 11.6. The lowest BCUT2D eigenvalue weighted by Gasteiger charge is -2.68. The molecule has 0 aromatic carbocycles. The predicted octanol–water partition coefficient (Wildman–Crippen LogP) is -1.28. The molecule has 13 atom stereocenters. The van der Waals surface area contributed by atoms with Crippen LogP contribution in [-0.4, -0.2) is 105 Å². The van der Waals surface area contributed by atoms with E-state index in [0.29, 0.717) is 32.4 Å². The molecule has 0 amide bonds. The summed E-state index contributed by atoms with van der Waals surface area (Å²) in [6.45, 7) is 2.96. The Morgan fingerprint density at radius 3 is 2.47 bits per heavy atom. The van der Waals surface area contributed by atoms with Crippen LogP contribution in [0.2, 0.25) is 0 Å². The number of hydrogen-bond donors (Lipinski definition) is 5. The van der Waals surface area contributed by atoms with Gasteiger partial charge in [-0.15, -0.1) is 0 Å². The van der Waals surface area contributed by atoms with E-state index in [-0.39, 0.29) is 24.4 Å². The zero-order valence-electron chi connectivity index (χ0n) is 17.9. The van der Waals surface area contributed by atoms with Crippen LogP contribution in [0.25, 0.3) is 0 Å². The number of methoxy groups -OCH3 is 2. The summed E-state index contributed by atoms with van der Waals surface area (Å²) in [7, 11) is 3.11. The predicted molar refractivity (Wildman–Crippen MR) is 104 cm³/mol. The van der Waals surface area contributed by atoms with Gasteiger partial charge in [0.25, 0.3) is 0 Å². The number of aliphatic hydroxyl groups excluding tert-OH is 2. The molecule has 1 aliphatic heterocycles. The van der Waals surface area contributed by atoms with E-state index in [2.05, 4.69) is 4.90 Å². The van der Waals surface area contributed by atoms with Crippen molar-refractivity contribution in [1.29, 1.82) is 0 Å². The van der Waals surface area contributed by atoms with E-state index in [1.54, 1.807) is 7.11 Å². The lowest BCUT2D eigenvalue weighted by Crippen LogP contribution is -2.82. The molecule has 8 nitrogen and oxygen atoms in total. The van der Waals surface area contributed by atoms with E-state index in [4.69, 9.17) is 9.47 Å². The van der Waals surface area contributed by atoms with Crippen molar-refractivity contribution < 1.29 is 35.0 Å². The smallest absolute Gasteiger partial charge is 0.136 e. The highest BCUT2D eigenvalue weighted by Gasteiger charge is 2.91.